The summed E-state index contributed by atoms with van der Waals surface area (Å²) in [5, 5.41) is 22.9. The number of benzene rings is 2. The van der Waals surface area contributed by atoms with E-state index >= 15 is 0 Å². The molecular formula is C21H21N5O4. The lowest BCUT2D eigenvalue weighted by atomic mass is 9.95. The first-order valence-corrected chi connectivity index (χ1v) is 9.40. The number of aromatic hydroxyl groups is 1. The van der Waals surface area contributed by atoms with Crippen molar-refractivity contribution in [3.05, 3.63) is 53.7 Å². The van der Waals surface area contributed by atoms with Crippen molar-refractivity contribution in [2.45, 2.75) is 6.42 Å². The van der Waals surface area contributed by atoms with Crippen LogP contribution in [0.1, 0.15) is 15.9 Å². The summed E-state index contributed by atoms with van der Waals surface area (Å²) in [5.41, 5.74) is 2.83. The third kappa shape index (κ3) is 3.82. The van der Waals surface area contributed by atoms with Crippen LogP contribution in [0.3, 0.4) is 0 Å². The molecule has 1 aliphatic heterocycles. The molecule has 0 spiro atoms. The first kappa shape index (κ1) is 19.4. The fourth-order valence-corrected chi connectivity index (χ4v) is 3.36. The van der Waals surface area contributed by atoms with E-state index in [0.29, 0.717) is 34.7 Å². The maximum Gasteiger partial charge on any atom is 0.255 e. The highest BCUT2D eigenvalue weighted by atomic mass is 16.5. The molecule has 1 aliphatic rings. The second-order valence-corrected chi connectivity index (χ2v) is 7.31. The average molecular weight is 407 g/mol. The molecule has 30 heavy (non-hydrogen) atoms. The van der Waals surface area contributed by atoms with Gasteiger partial charge >= 0.3 is 0 Å². The zero-order valence-corrected chi connectivity index (χ0v) is 16.5. The Morgan fingerprint density at radius 1 is 1.23 bits per heavy atom. The summed E-state index contributed by atoms with van der Waals surface area (Å²) in [6, 6.07) is 9.97. The number of rotatable bonds is 4. The summed E-state index contributed by atoms with van der Waals surface area (Å²) in [6.07, 6.45) is 1.99. The number of hydrogen-bond donors (Lipinski definition) is 3. The van der Waals surface area contributed by atoms with Crippen molar-refractivity contribution < 1.29 is 19.4 Å². The number of nitrogens with one attached hydrogen (secondary N) is 2. The Bertz CT molecular complexity index is 1090. The van der Waals surface area contributed by atoms with Crippen LogP contribution in [-0.4, -0.2) is 57.9 Å². The number of phenolic OH excluding ortho intramolecular Hbond substituents is 1. The summed E-state index contributed by atoms with van der Waals surface area (Å²) in [7, 11) is 3.30. The van der Waals surface area contributed by atoms with E-state index in [-0.39, 0.29) is 24.2 Å². The maximum atomic E-state index is 12.9. The van der Waals surface area contributed by atoms with Gasteiger partial charge in [-0.1, -0.05) is 6.07 Å². The number of nitrogens with zero attached hydrogens (tertiary/aromatic N) is 3. The van der Waals surface area contributed by atoms with E-state index in [2.05, 4.69) is 20.7 Å². The number of anilines is 1. The Kier molecular flexibility index (Phi) is 5.09. The molecule has 3 aromatic rings. The molecule has 1 atom stereocenters. The van der Waals surface area contributed by atoms with Crippen molar-refractivity contribution in [2.75, 3.05) is 26.0 Å². The van der Waals surface area contributed by atoms with Crippen LogP contribution in [0.4, 0.5) is 5.69 Å². The van der Waals surface area contributed by atoms with Gasteiger partial charge in [-0.15, -0.1) is 0 Å². The third-order valence-electron chi connectivity index (χ3n) is 4.95. The second kappa shape index (κ2) is 7.86. The van der Waals surface area contributed by atoms with Gasteiger partial charge in [0.15, 0.2) is 0 Å². The Morgan fingerprint density at radius 2 is 2.07 bits per heavy atom. The monoisotopic (exact) mass is 407 g/mol. The molecule has 3 N–H and O–H groups in total. The minimum atomic E-state index is -0.447. The molecule has 9 nitrogen and oxygen atoms in total. The normalized spacial score (nSPS) is 15.1. The van der Waals surface area contributed by atoms with Crippen LogP contribution in [0.25, 0.3) is 11.3 Å². The number of ether oxygens (including phenoxy) is 1. The topological polar surface area (TPSA) is 120 Å². The highest BCUT2D eigenvalue weighted by Gasteiger charge is 2.27. The Morgan fingerprint density at radius 3 is 2.80 bits per heavy atom. The lowest BCUT2D eigenvalue weighted by Gasteiger charge is -2.25. The highest BCUT2D eigenvalue weighted by Crippen LogP contribution is 2.31. The number of H-pyrrole nitrogens is 1. The van der Waals surface area contributed by atoms with E-state index in [4.69, 9.17) is 4.74 Å². The zero-order valence-electron chi connectivity index (χ0n) is 16.5. The Balaban J connectivity index is 1.59. The highest BCUT2D eigenvalue weighted by molar-refractivity contribution is 6.05. The van der Waals surface area contributed by atoms with Crippen molar-refractivity contribution in [1.29, 1.82) is 0 Å². The molecule has 0 bridgehead atoms. The van der Waals surface area contributed by atoms with Crippen LogP contribution in [-0.2, 0) is 11.2 Å². The molecule has 2 amide bonds. The van der Waals surface area contributed by atoms with Gasteiger partial charge in [0, 0.05) is 19.7 Å². The fraction of sp³-hybridized carbons (Fsp3) is 0.238. The number of hydrogen-bond acceptors (Lipinski definition) is 6. The van der Waals surface area contributed by atoms with Gasteiger partial charge in [-0.2, -0.15) is 15.4 Å². The second-order valence-electron chi connectivity index (χ2n) is 7.31. The third-order valence-corrected chi connectivity index (χ3v) is 4.95. The number of aromatic amines is 1. The number of amides is 2. The number of carbonyl (C=O) groups is 2. The molecular weight excluding hydrogens is 386 g/mol. The molecule has 154 valence electrons. The van der Waals surface area contributed by atoms with Crippen LogP contribution < -0.4 is 10.1 Å². The molecule has 0 aliphatic carbocycles. The largest absolute Gasteiger partial charge is 0.508 e. The van der Waals surface area contributed by atoms with Gasteiger partial charge in [0.25, 0.3) is 5.91 Å². The van der Waals surface area contributed by atoms with Crippen LogP contribution in [0.5, 0.6) is 11.5 Å². The van der Waals surface area contributed by atoms with Gasteiger partial charge < -0.3 is 20.1 Å². The summed E-state index contributed by atoms with van der Waals surface area (Å²) in [6.45, 7) is 0.220. The quantitative estimate of drug-likeness (QED) is 0.609. The number of phenols is 1. The smallest absolute Gasteiger partial charge is 0.255 e. The van der Waals surface area contributed by atoms with Gasteiger partial charge in [-0.05, 0) is 42.3 Å². The molecule has 2 aromatic carbocycles. The van der Waals surface area contributed by atoms with E-state index in [0.717, 1.165) is 5.56 Å². The van der Waals surface area contributed by atoms with E-state index in [1.807, 2.05) is 0 Å². The molecule has 0 fully saturated rings. The van der Waals surface area contributed by atoms with Crippen LogP contribution >= 0.6 is 0 Å². The Hall–Kier alpha value is -3.88. The van der Waals surface area contributed by atoms with Crippen molar-refractivity contribution in [2.24, 2.45) is 5.92 Å². The van der Waals surface area contributed by atoms with Crippen molar-refractivity contribution in [3.63, 3.8) is 0 Å². The lowest BCUT2D eigenvalue weighted by Crippen LogP contribution is -2.33. The fourth-order valence-electron chi connectivity index (χ4n) is 3.36. The first-order valence-electron chi connectivity index (χ1n) is 9.40. The SMILES string of the molecule is CN(C)C(=O)c1cc(-c2cn[nH]n2)ccc1NC(=O)C1COc2ccc(O)cc2C1. The lowest BCUT2D eigenvalue weighted by molar-refractivity contribution is -0.121. The van der Waals surface area contributed by atoms with E-state index in [1.165, 1.54) is 4.90 Å². The molecule has 4 rings (SSSR count). The molecule has 1 aromatic heterocycles. The molecule has 2 heterocycles. The minimum Gasteiger partial charge on any atom is -0.508 e. The van der Waals surface area contributed by atoms with Crippen molar-refractivity contribution in [1.82, 2.24) is 20.3 Å². The zero-order chi connectivity index (χ0) is 21.3. The summed E-state index contributed by atoms with van der Waals surface area (Å²) in [5.74, 6) is -0.161. The standard InChI is InChI=1S/C21H21N5O4/c1-26(2)21(29)16-9-12(18-10-22-25-24-18)3-5-17(16)23-20(28)14-7-13-8-15(27)4-6-19(13)30-11-14/h3-6,8-10,14,27H,7,11H2,1-2H3,(H,23,28)(H,22,24,25). The summed E-state index contributed by atoms with van der Waals surface area (Å²) < 4.78 is 5.67. The number of fused-ring (bicyclic) bond motifs is 1. The Labute approximate surface area is 172 Å². The van der Waals surface area contributed by atoms with E-state index < -0.39 is 5.92 Å². The molecule has 0 radical (unpaired) electrons. The number of carbonyl (C=O) groups excluding carboxylic acids is 2. The van der Waals surface area contributed by atoms with Gasteiger partial charge in [-0.3, -0.25) is 9.59 Å². The van der Waals surface area contributed by atoms with Crippen LogP contribution in [0.2, 0.25) is 0 Å². The molecule has 1 unspecified atom stereocenters. The predicted octanol–water partition coefficient (Wildman–Crippen LogP) is 2.07. The average Bonchev–Trinajstić information content (AvgIpc) is 3.27. The molecule has 0 saturated heterocycles. The van der Waals surface area contributed by atoms with Crippen LogP contribution in [0, 0.1) is 5.92 Å². The van der Waals surface area contributed by atoms with Crippen LogP contribution in [0.15, 0.2) is 42.6 Å². The summed E-state index contributed by atoms with van der Waals surface area (Å²) >= 11 is 0. The van der Waals surface area contributed by atoms with Crippen molar-refractivity contribution >= 4 is 17.5 Å². The predicted molar refractivity (Wildman–Crippen MR) is 109 cm³/mol. The first-order chi connectivity index (χ1) is 14.4. The maximum absolute atomic E-state index is 12.9. The van der Waals surface area contributed by atoms with Gasteiger partial charge in [0.2, 0.25) is 5.91 Å². The van der Waals surface area contributed by atoms with E-state index in [9.17, 15) is 14.7 Å². The van der Waals surface area contributed by atoms with Crippen molar-refractivity contribution in [3.8, 4) is 22.8 Å². The molecule has 0 saturated carbocycles. The van der Waals surface area contributed by atoms with Gasteiger partial charge in [-0.25, -0.2) is 0 Å². The van der Waals surface area contributed by atoms with Gasteiger partial charge in [0.05, 0.1) is 23.4 Å². The number of aromatic nitrogens is 3. The van der Waals surface area contributed by atoms with E-state index in [1.54, 1.807) is 56.7 Å². The minimum absolute atomic E-state index is 0.126. The van der Waals surface area contributed by atoms with Gasteiger partial charge in [0.1, 0.15) is 23.8 Å². The summed E-state index contributed by atoms with van der Waals surface area (Å²) in [4.78, 5) is 27.1. The molecule has 9 heteroatoms.